The van der Waals surface area contributed by atoms with Gasteiger partial charge in [0.25, 0.3) is 0 Å². The standard InChI is InChI=1S/C21H26N4O12/c22-11(6-15(27)28)18(33)23-13(7-16(29)30)20(35)24-12(5-9-1-3-10(26)4-2-9)19(34)25-14(21(36)37)8-17(31)32/h1-4,11-14,26H,5-8,22H2,(H,23,33)(H,24,35)(H,25,34)(H,27,28)(H,29,30)(H,31,32)(H,36,37). The third-order valence-electron chi connectivity index (χ3n) is 4.75. The zero-order valence-corrected chi connectivity index (χ0v) is 19.1. The second-order valence-electron chi connectivity index (χ2n) is 7.79. The average Bonchev–Trinajstić information content (AvgIpc) is 2.77. The van der Waals surface area contributed by atoms with Crippen molar-refractivity contribution in [1.29, 1.82) is 0 Å². The van der Waals surface area contributed by atoms with E-state index >= 15 is 0 Å². The topological polar surface area (TPSA) is 283 Å². The summed E-state index contributed by atoms with van der Waals surface area (Å²) in [6, 6.07) is -1.63. The minimum absolute atomic E-state index is 0.122. The molecular formula is C21H26N4O12. The summed E-state index contributed by atoms with van der Waals surface area (Å²) in [4.78, 5) is 82.1. The zero-order valence-electron chi connectivity index (χ0n) is 19.1. The van der Waals surface area contributed by atoms with Gasteiger partial charge in [0.05, 0.1) is 25.3 Å². The molecule has 0 saturated heterocycles. The predicted molar refractivity (Wildman–Crippen MR) is 120 cm³/mol. The lowest BCUT2D eigenvalue weighted by molar-refractivity contribution is -0.147. The molecule has 0 bridgehead atoms. The number of carboxylic acid groups (broad SMARTS) is 4. The van der Waals surface area contributed by atoms with Crippen LogP contribution in [0.2, 0.25) is 0 Å². The van der Waals surface area contributed by atoms with Crippen LogP contribution in [0.4, 0.5) is 0 Å². The molecule has 1 aromatic rings. The van der Waals surface area contributed by atoms with E-state index in [1.54, 1.807) is 0 Å². The Hall–Kier alpha value is -4.73. The van der Waals surface area contributed by atoms with Gasteiger partial charge in [0.2, 0.25) is 17.7 Å². The van der Waals surface area contributed by atoms with Crippen LogP contribution >= 0.6 is 0 Å². The molecule has 16 nitrogen and oxygen atoms in total. The molecule has 0 aliphatic heterocycles. The maximum atomic E-state index is 12.8. The first kappa shape index (κ1) is 30.3. The molecule has 1 rings (SSSR count). The van der Waals surface area contributed by atoms with Crippen LogP contribution in [-0.2, 0) is 40.0 Å². The van der Waals surface area contributed by atoms with E-state index < -0.39 is 85.0 Å². The third-order valence-corrected chi connectivity index (χ3v) is 4.75. The second kappa shape index (κ2) is 14.0. The van der Waals surface area contributed by atoms with Crippen LogP contribution in [0.3, 0.4) is 0 Å². The first-order valence-electron chi connectivity index (χ1n) is 10.5. The van der Waals surface area contributed by atoms with Gasteiger partial charge in [-0.2, -0.15) is 0 Å². The Morgan fingerprint density at radius 3 is 1.57 bits per heavy atom. The normalized spacial score (nSPS) is 13.8. The fourth-order valence-corrected chi connectivity index (χ4v) is 2.94. The van der Waals surface area contributed by atoms with Gasteiger partial charge < -0.3 is 47.2 Å². The molecule has 0 aliphatic carbocycles. The average molecular weight is 526 g/mol. The summed E-state index contributed by atoms with van der Waals surface area (Å²) in [5.74, 6) is -9.80. The number of carbonyl (C=O) groups is 7. The SMILES string of the molecule is NC(CC(=O)O)C(=O)NC(CC(=O)O)C(=O)NC(Cc1ccc(O)cc1)C(=O)NC(CC(=O)O)C(=O)O. The van der Waals surface area contributed by atoms with Gasteiger partial charge in [0, 0.05) is 6.42 Å². The summed E-state index contributed by atoms with van der Waals surface area (Å²) in [6.45, 7) is 0. The molecule has 4 atom stereocenters. The number of aliphatic carboxylic acids is 4. The molecular weight excluding hydrogens is 500 g/mol. The molecule has 10 N–H and O–H groups in total. The van der Waals surface area contributed by atoms with Crippen molar-refractivity contribution < 1.29 is 59.1 Å². The summed E-state index contributed by atoms with van der Waals surface area (Å²) in [5, 5.41) is 51.5. The van der Waals surface area contributed by atoms with Crippen LogP contribution in [0.25, 0.3) is 0 Å². The number of carbonyl (C=O) groups excluding carboxylic acids is 3. The second-order valence-corrected chi connectivity index (χ2v) is 7.79. The lowest BCUT2D eigenvalue weighted by Gasteiger charge is -2.24. The maximum Gasteiger partial charge on any atom is 0.326 e. The number of phenolic OH excluding ortho intramolecular Hbond substituents is 1. The highest BCUT2D eigenvalue weighted by molar-refractivity contribution is 5.96. The number of benzene rings is 1. The third kappa shape index (κ3) is 11.0. The van der Waals surface area contributed by atoms with Gasteiger partial charge in [0.1, 0.15) is 23.9 Å². The number of phenols is 1. The highest BCUT2D eigenvalue weighted by atomic mass is 16.4. The molecule has 0 aliphatic rings. The van der Waals surface area contributed by atoms with Crippen molar-refractivity contribution in [3.63, 3.8) is 0 Å². The summed E-state index contributed by atoms with van der Waals surface area (Å²) in [7, 11) is 0. The molecule has 202 valence electrons. The molecule has 0 saturated carbocycles. The maximum absolute atomic E-state index is 12.8. The quantitative estimate of drug-likeness (QED) is 0.112. The molecule has 37 heavy (non-hydrogen) atoms. The van der Waals surface area contributed by atoms with Crippen LogP contribution in [0.1, 0.15) is 24.8 Å². The largest absolute Gasteiger partial charge is 0.508 e. The number of rotatable bonds is 15. The monoisotopic (exact) mass is 526 g/mol. The summed E-state index contributed by atoms with van der Waals surface area (Å²) in [5.41, 5.74) is 5.78. The summed E-state index contributed by atoms with van der Waals surface area (Å²) < 4.78 is 0. The van der Waals surface area contributed by atoms with Crippen LogP contribution in [0.5, 0.6) is 5.75 Å². The Bertz CT molecular complexity index is 1040. The van der Waals surface area contributed by atoms with Crippen molar-refractivity contribution >= 4 is 41.6 Å². The van der Waals surface area contributed by atoms with Crippen molar-refractivity contribution in [2.75, 3.05) is 0 Å². The molecule has 0 heterocycles. The Kier molecular flexibility index (Phi) is 11.4. The van der Waals surface area contributed by atoms with Crippen LogP contribution in [0.15, 0.2) is 24.3 Å². The fraction of sp³-hybridized carbons (Fsp3) is 0.381. The molecule has 3 amide bonds. The van der Waals surface area contributed by atoms with Gasteiger partial charge in [-0.1, -0.05) is 12.1 Å². The van der Waals surface area contributed by atoms with E-state index in [4.69, 9.17) is 21.1 Å². The van der Waals surface area contributed by atoms with E-state index in [1.165, 1.54) is 24.3 Å². The molecule has 4 unspecified atom stereocenters. The molecule has 0 fully saturated rings. The van der Waals surface area contributed by atoms with E-state index in [-0.39, 0.29) is 12.2 Å². The van der Waals surface area contributed by atoms with E-state index in [0.717, 1.165) is 0 Å². The van der Waals surface area contributed by atoms with Crippen molar-refractivity contribution in [3.8, 4) is 5.75 Å². The van der Waals surface area contributed by atoms with E-state index in [0.29, 0.717) is 5.56 Å². The van der Waals surface area contributed by atoms with Crippen LogP contribution in [0, 0.1) is 0 Å². The number of hydrogen-bond donors (Lipinski definition) is 9. The number of nitrogens with two attached hydrogens (primary N) is 1. The fourth-order valence-electron chi connectivity index (χ4n) is 2.94. The Labute approximate surface area is 208 Å². The van der Waals surface area contributed by atoms with Gasteiger partial charge in [-0.3, -0.25) is 28.8 Å². The molecule has 0 radical (unpaired) electrons. The molecule has 0 aromatic heterocycles. The number of hydrogen-bond acceptors (Lipinski definition) is 9. The van der Waals surface area contributed by atoms with Crippen LogP contribution in [-0.4, -0.2) is 91.3 Å². The Morgan fingerprint density at radius 2 is 1.08 bits per heavy atom. The summed E-state index contributed by atoms with van der Waals surface area (Å²) >= 11 is 0. The van der Waals surface area contributed by atoms with E-state index in [1.807, 2.05) is 10.6 Å². The van der Waals surface area contributed by atoms with Crippen LogP contribution < -0.4 is 21.7 Å². The predicted octanol–water partition coefficient (Wildman–Crippen LogP) is -2.77. The Morgan fingerprint density at radius 1 is 0.649 bits per heavy atom. The minimum Gasteiger partial charge on any atom is -0.508 e. The molecule has 1 aromatic carbocycles. The van der Waals surface area contributed by atoms with Crippen molar-refractivity contribution in [2.45, 2.75) is 49.9 Å². The van der Waals surface area contributed by atoms with Gasteiger partial charge in [0.15, 0.2) is 0 Å². The number of amides is 3. The number of carboxylic acids is 4. The smallest absolute Gasteiger partial charge is 0.326 e. The highest BCUT2D eigenvalue weighted by Gasteiger charge is 2.32. The molecule has 16 heteroatoms. The van der Waals surface area contributed by atoms with Crippen molar-refractivity contribution in [3.05, 3.63) is 29.8 Å². The van der Waals surface area contributed by atoms with E-state index in [2.05, 4.69) is 5.32 Å². The van der Waals surface area contributed by atoms with E-state index in [9.17, 15) is 43.8 Å². The van der Waals surface area contributed by atoms with Gasteiger partial charge >= 0.3 is 23.9 Å². The van der Waals surface area contributed by atoms with Crippen molar-refractivity contribution in [1.82, 2.24) is 16.0 Å². The van der Waals surface area contributed by atoms with Gasteiger partial charge in [-0.25, -0.2) is 4.79 Å². The van der Waals surface area contributed by atoms with Crippen molar-refractivity contribution in [2.24, 2.45) is 5.73 Å². The lowest BCUT2D eigenvalue weighted by Crippen LogP contribution is -2.58. The zero-order chi connectivity index (χ0) is 28.3. The lowest BCUT2D eigenvalue weighted by atomic mass is 10.0. The van der Waals surface area contributed by atoms with Gasteiger partial charge in [-0.15, -0.1) is 0 Å². The summed E-state index contributed by atoms with van der Waals surface area (Å²) in [6.07, 6.45) is -3.11. The highest BCUT2D eigenvalue weighted by Crippen LogP contribution is 2.12. The first-order valence-corrected chi connectivity index (χ1v) is 10.5. The first-order chi connectivity index (χ1) is 17.2. The Balaban J connectivity index is 3.18. The minimum atomic E-state index is -1.87. The number of aromatic hydroxyl groups is 1. The number of nitrogens with one attached hydrogen (secondary N) is 3. The van der Waals surface area contributed by atoms with Gasteiger partial charge in [-0.05, 0) is 17.7 Å². The molecule has 0 spiro atoms.